The minimum atomic E-state index is -3.43. The van der Waals surface area contributed by atoms with E-state index in [1.54, 1.807) is 6.92 Å². The zero-order chi connectivity index (χ0) is 7.49. The topological polar surface area (TPSA) is 46.5 Å². The van der Waals surface area contributed by atoms with Crippen LogP contribution >= 0.6 is 21.8 Å². The van der Waals surface area contributed by atoms with Gasteiger partial charge in [0.1, 0.15) is 0 Å². The fraction of sp³-hybridized carbons (Fsp3) is 1.00. The molecule has 9 heavy (non-hydrogen) atoms. The molecule has 0 aromatic rings. The summed E-state index contributed by atoms with van der Waals surface area (Å²) in [6, 6.07) is 0. The first-order valence-corrected chi connectivity index (χ1v) is 6.26. The minimum Gasteiger partial charge on any atom is -0.316 e. The first-order valence-electron chi connectivity index (χ1n) is 2.66. The van der Waals surface area contributed by atoms with Crippen molar-refractivity contribution in [2.45, 2.75) is 26.4 Å². The summed E-state index contributed by atoms with van der Waals surface area (Å²) in [6.45, 7) is 3.62. The van der Waals surface area contributed by atoms with Crippen LogP contribution in [-0.4, -0.2) is 11.0 Å². The maximum atomic E-state index is 10.4. The Bertz CT molecular complexity index is 121. The van der Waals surface area contributed by atoms with E-state index in [-0.39, 0.29) is 6.10 Å². The molecular formula is C4H10BrO3P. The van der Waals surface area contributed by atoms with Gasteiger partial charge in [0.25, 0.3) is 0 Å². The zero-order valence-corrected chi connectivity index (χ0v) is 7.85. The van der Waals surface area contributed by atoms with Crippen molar-refractivity contribution < 1.29 is 14.0 Å². The Morgan fingerprint density at radius 3 is 2.44 bits per heavy atom. The molecule has 0 aliphatic rings. The summed E-state index contributed by atoms with van der Waals surface area (Å²) in [7, 11) is 0. The molecule has 0 saturated carbocycles. The van der Waals surface area contributed by atoms with E-state index >= 15 is 0 Å². The highest BCUT2D eigenvalue weighted by Crippen LogP contribution is 2.51. The first kappa shape index (κ1) is 9.63. The lowest BCUT2D eigenvalue weighted by Gasteiger charge is -2.10. The molecule has 0 radical (unpaired) electrons. The SMILES string of the molecule is CCC(C)OP(=O)(O)Br. The lowest BCUT2D eigenvalue weighted by molar-refractivity contribution is 0.198. The van der Waals surface area contributed by atoms with E-state index in [1.807, 2.05) is 6.92 Å². The van der Waals surface area contributed by atoms with Crippen molar-refractivity contribution in [2.24, 2.45) is 0 Å². The Morgan fingerprint density at radius 2 is 2.33 bits per heavy atom. The Hall–Kier alpha value is 0.630. The quantitative estimate of drug-likeness (QED) is 0.737. The second-order valence-electron chi connectivity index (χ2n) is 1.78. The average Bonchev–Trinajstić information content (AvgIpc) is 1.62. The van der Waals surface area contributed by atoms with Gasteiger partial charge in [0, 0.05) is 15.5 Å². The summed E-state index contributed by atoms with van der Waals surface area (Å²) in [4.78, 5) is 8.57. The van der Waals surface area contributed by atoms with Crippen LogP contribution in [0, 0.1) is 0 Å². The van der Waals surface area contributed by atoms with E-state index in [1.165, 1.54) is 0 Å². The molecule has 0 spiro atoms. The molecule has 0 saturated heterocycles. The van der Waals surface area contributed by atoms with Gasteiger partial charge in [-0.2, -0.15) is 0 Å². The molecule has 0 aliphatic heterocycles. The van der Waals surface area contributed by atoms with Crippen LogP contribution in [0.3, 0.4) is 0 Å². The first-order chi connectivity index (χ1) is 3.95. The van der Waals surface area contributed by atoms with Crippen molar-refractivity contribution in [2.75, 3.05) is 0 Å². The molecule has 5 heteroatoms. The van der Waals surface area contributed by atoms with Gasteiger partial charge in [-0.05, 0) is 13.3 Å². The molecule has 3 nitrogen and oxygen atoms in total. The van der Waals surface area contributed by atoms with Crippen molar-refractivity contribution in [1.29, 1.82) is 0 Å². The van der Waals surface area contributed by atoms with Crippen LogP contribution in [0.5, 0.6) is 0 Å². The summed E-state index contributed by atoms with van der Waals surface area (Å²) < 4.78 is 15.0. The summed E-state index contributed by atoms with van der Waals surface area (Å²) >= 11 is 2.51. The van der Waals surface area contributed by atoms with Crippen molar-refractivity contribution in [3.05, 3.63) is 0 Å². The number of halogens is 1. The lowest BCUT2D eigenvalue weighted by Crippen LogP contribution is -2.01. The zero-order valence-electron chi connectivity index (χ0n) is 5.37. The number of hydrogen-bond acceptors (Lipinski definition) is 2. The maximum absolute atomic E-state index is 10.4. The lowest BCUT2D eigenvalue weighted by atomic mass is 10.3. The van der Waals surface area contributed by atoms with E-state index in [9.17, 15) is 4.57 Å². The van der Waals surface area contributed by atoms with Crippen LogP contribution in [0.1, 0.15) is 20.3 Å². The molecule has 0 bridgehead atoms. The minimum absolute atomic E-state index is 0.166. The number of hydrogen-bond donors (Lipinski definition) is 1. The molecule has 0 aromatic heterocycles. The monoisotopic (exact) mass is 216 g/mol. The van der Waals surface area contributed by atoms with Gasteiger partial charge < -0.3 is 4.89 Å². The largest absolute Gasteiger partial charge is 0.393 e. The molecule has 0 fully saturated rings. The molecule has 1 N–H and O–H groups in total. The van der Waals surface area contributed by atoms with Crippen molar-refractivity contribution in [3.63, 3.8) is 0 Å². The highest BCUT2D eigenvalue weighted by Gasteiger charge is 2.15. The fourth-order valence-corrected chi connectivity index (χ4v) is 1.75. The van der Waals surface area contributed by atoms with Crippen LogP contribution in [0.4, 0.5) is 0 Å². The molecule has 56 valence electrons. The predicted molar refractivity (Wildman–Crippen MR) is 39.6 cm³/mol. The molecular weight excluding hydrogens is 207 g/mol. The molecule has 0 aromatic carbocycles. The molecule has 2 unspecified atom stereocenters. The van der Waals surface area contributed by atoms with E-state index in [4.69, 9.17) is 4.89 Å². The van der Waals surface area contributed by atoms with Gasteiger partial charge in [-0.15, -0.1) is 0 Å². The smallest absolute Gasteiger partial charge is 0.316 e. The van der Waals surface area contributed by atoms with Gasteiger partial charge in [-0.1, -0.05) is 6.92 Å². The summed E-state index contributed by atoms with van der Waals surface area (Å²) in [6.07, 6.45) is -2.86. The Morgan fingerprint density at radius 1 is 1.89 bits per heavy atom. The van der Waals surface area contributed by atoms with Crippen molar-refractivity contribution in [3.8, 4) is 0 Å². The second-order valence-corrected chi connectivity index (χ2v) is 5.58. The average molecular weight is 217 g/mol. The molecule has 2 atom stereocenters. The maximum Gasteiger partial charge on any atom is 0.393 e. The van der Waals surface area contributed by atoms with E-state index < -0.39 is 6.30 Å². The van der Waals surface area contributed by atoms with Crippen LogP contribution in [0.25, 0.3) is 0 Å². The Kier molecular flexibility index (Phi) is 3.97. The van der Waals surface area contributed by atoms with E-state index in [0.29, 0.717) is 0 Å². The third-order valence-electron chi connectivity index (χ3n) is 0.885. The summed E-state index contributed by atoms with van der Waals surface area (Å²) in [5.41, 5.74) is 0. The van der Waals surface area contributed by atoms with E-state index in [2.05, 4.69) is 20.0 Å². The standard InChI is InChI=1S/C4H10BrO3P/c1-3-4(2)8-9(5,6)7/h4H,3H2,1-2H3,(H,6,7). The van der Waals surface area contributed by atoms with Gasteiger partial charge in [-0.3, -0.25) is 4.52 Å². The molecule has 0 rings (SSSR count). The molecule has 0 heterocycles. The third-order valence-corrected chi connectivity index (χ3v) is 2.01. The van der Waals surface area contributed by atoms with Gasteiger partial charge in [0.05, 0.1) is 6.10 Å². The molecule has 0 amide bonds. The van der Waals surface area contributed by atoms with E-state index in [0.717, 1.165) is 6.42 Å². The summed E-state index contributed by atoms with van der Waals surface area (Å²) in [5.74, 6) is 0. The van der Waals surface area contributed by atoms with Crippen LogP contribution in [0.2, 0.25) is 0 Å². The second kappa shape index (κ2) is 3.71. The van der Waals surface area contributed by atoms with Crippen LogP contribution in [-0.2, 0) is 9.09 Å². The number of rotatable bonds is 3. The fourth-order valence-electron chi connectivity index (χ4n) is 0.296. The van der Waals surface area contributed by atoms with Gasteiger partial charge in [0.15, 0.2) is 0 Å². The van der Waals surface area contributed by atoms with Crippen molar-refractivity contribution in [1.82, 2.24) is 0 Å². The molecule has 0 aliphatic carbocycles. The van der Waals surface area contributed by atoms with Crippen LogP contribution < -0.4 is 0 Å². The third kappa shape index (κ3) is 6.52. The summed E-state index contributed by atoms with van der Waals surface area (Å²) in [5, 5.41) is 0. The highest BCUT2D eigenvalue weighted by molar-refractivity contribution is 9.39. The Labute approximate surface area is 62.7 Å². The highest BCUT2D eigenvalue weighted by atomic mass is 79.9. The normalized spacial score (nSPS) is 20.9. The predicted octanol–water partition coefficient (Wildman–Crippen LogP) is 2.30. The van der Waals surface area contributed by atoms with Crippen LogP contribution in [0.15, 0.2) is 0 Å². The van der Waals surface area contributed by atoms with Gasteiger partial charge >= 0.3 is 6.30 Å². The van der Waals surface area contributed by atoms with Gasteiger partial charge in [0.2, 0.25) is 0 Å². The Balaban J connectivity index is 3.60. The van der Waals surface area contributed by atoms with Gasteiger partial charge in [-0.25, -0.2) is 4.57 Å². The van der Waals surface area contributed by atoms with Crippen molar-refractivity contribution >= 4 is 21.8 Å².